The highest BCUT2D eigenvalue weighted by molar-refractivity contribution is 5.90. The molecule has 3 amide bonds. The van der Waals surface area contributed by atoms with E-state index in [1.165, 1.54) is 11.1 Å². The molecule has 2 heterocycles. The molecule has 4 rings (SSSR count). The molecular weight excluding hydrogens is 390 g/mol. The molecule has 2 fully saturated rings. The quantitative estimate of drug-likeness (QED) is 0.827. The van der Waals surface area contributed by atoms with Crippen molar-refractivity contribution in [3.63, 3.8) is 0 Å². The summed E-state index contributed by atoms with van der Waals surface area (Å²) < 4.78 is 0. The van der Waals surface area contributed by atoms with E-state index >= 15 is 0 Å². The van der Waals surface area contributed by atoms with E-state index in [0.717, 1.165) is 11.1 Å². The van der Waals surface area contributed by atoms with Crippen LogP contribution >= 0.6 is 0 Å². The fraction of sp³-hybridized carbons (Fsp3) is 0.400. The largest absolute Gasteiger partial charge is 0.354 e. The Balaban J connectivity index is 1.44. The van der Waals surface area contributed by atoms with Crippen LogP contribution in [-0.4, -0.2) is 60.7 Å². The highest BCUT2D eigenvalue weighted by Gasteiger charge is 2.36. The molecular formula is C25H29N3O3. The molecule has 0 radical (unpaired) electrons. The second kappa shape index (κ2) is 8.92. The van der Waals surface area contributed by atoms with Crippen LogP contribution in [0.2, 0.25) is 0 Å². The molecule has 0 spiro atoms. The zero-order chi connectivity index (χ0) is 22.0. The Bertz CT molecular complexity index is 986. The average molecular weight is 420 g/mol. The van der Waals surface area contributed by atoms with Crippen molar-refractivity contribution < 1.29 is 14.4 Å². The first-order chi connectivity index (χ1) is 14.9. The number of likely N-dealkylation sites (tertiary alicyclic amines) is 1. The number of carbonyl (C=O) groups excluding carboxylic acids is 3. The molecule has 2 aromatic rings. The van der Waals surface area contributed by atoms with Crippen LogP contribution in [0.1, 0.15) is 17.5 Å². The van der Waals surface area contributed by atoms with Crippen LogP contribution < -0.4 is 5.32 Å². The Kier molecular flexibility index (Phi) is 6.07. The molecule has 2 saturated heterocycles. The van der Waals surface area contributed by atoms with Crippen LogP contribution in [0.4, 0.5) is 0 Å². The number of nitrogens with zero attached hydrogens (tertiary/aromatic N) is 2. The number of hydrogen-bond acceptors (Lipinski definition) is 3. The lowest BCUT2D eigenvalue weighted by Gasteiger charge is -2.25. The van der Waals surface area contributed by atoms with Crippen molar-refractivity contribution >= 4 is 17.7 Å². The molecule has 0 bridgehead atoms. The summed E-state index contributed by atoms with van der Waals surface area (Å²) in [6.45, 7) is 3.86. The van der Waals surface area contributed by atoms with E-state index in [1.807, 2.05) is 0 Å². The van der Waals surface area contributed by atoms with Crippen LogP contribution in [0, 0.1) is 18.8 Å². The Morgan fingerprint density at radius 2 is 1.84 bits per heavy atom. The fourth-order valence-corrected chi connectivity index (χ4v) is 4.49. The highest BCUT2D eigenvalue weighted by Crippen LogP contribution is 2.24. The van der Waals surface area contributed by atoms with E-state index in [2.05, 4.69) is 60.8 Å². The molecule has 0 saturated carbocycles. The standard InChI is InChI=1S/C25H29N3O3/c1-17-4-3-5-20(12-17)19-8-6-18(7-9-19)13-21-16-28(11-10-26-24(21)30)25(31)22-14-23(29)27(2)15-22/h3-9,12,21-22H,10-11,13-16H2,1-2H3,(H,26,30). The molecule has 162 valence electrons. The summed E-state index contributed by atoms with van der Waals surface area (Å²) in [5, 5.41) is 2.94. The maximum absolute atomic E-state index is 13.0. The molecule has 6 heteroatoms. The van der Waals surface area contributed by atoms with Gasteiger partial charge < -0.3 is 15.1 Å². The van der Waals surface area contributed by atoms with Crippen molar-refractivity contribution in [3.05, 3.63) is 59.7 Å². The van der Waals surface area contributed by atoms with E-state index in [1.54, 1.807) is 16.8 Å². The summed E-state index contributed by atoms with van der Waals surface area (Å²) in [4.78, 5) is 40.8. The Morgan fingerprint density at radius 3 is 2.52 bits per heavy atom. The number of aryl methyl sites for hydroxylation is 1. The first-order valence-electron chi connectivity index (χ1n) is 10.9. The van der Waals surface area contributed by atoms with Gasteiger partial charge in [-0.1, -0.05) is 54.1 Å². The zero-order valence-electron chi connectivity index (χ0n) is 18.1. The third-order valence-corrected chi connectivity index (χ3v) is 6.28. The minimum absolute atomic E-state index is 0.00706. The van der Waals surface area contributed by atoms with Crippen LogP contribution in [-0.2, 0) is 20.8 Å². The SMILES string of the molecule is Cc1cccc(-c2ccc(CC3CN(C(=O)C4CC(=O)N(C)C4)CCNC3=O)cc2)c1. The number of benzene rings is 2. The molecule has 2 aliphatic rings. The van der Waals surface area contributed by atoms with Gasteiger partial charge in [-0.2, -0.15) is 0 Å². The van der Waals surface area contributed by atoms with Crippen LogP contribution in [0.25, 0.3) is 11.1 Å². The predicted molar refractivity (Wildman–Crippen MR) is 119 cm³/mol. The van der Waals surface area contributed by atoms with Gasteiger partial charge in [0.25, 0.3) is 0 Å². The van der Waals surface area contributed by atoms with E-state index < -0.39 is 0 Å². The predicted octanol–water partition coefficient (Wildman–Crippen LogP) is 2.26. The molecule has 31 heavy (non-hydrogen) atoms. The van der Waals surface area contributed by atoms with Crippen molar-refractivity contribution in [2.75, 3.05) is 33.2 Å². The molecule has 0 aliphatic carbocycles. The van der Waals surface area contributed by atoms with Crippen LogP contribution in [0.3, 0.4) is 0 Å². The Hall–Kier alpha value is -3.15. The second-order valence-electron chi connectivity index (χ2n) is 8.72. The lowest BCUT2D eigenvalue weighted by molar-refractivity contribution is -0.136. The number of amides is 3. The molecule has 2 aromatic carbocycles. The van der Waals surface area contributed by atoms with Gasteiger partial charge in [0.1, 0.15) is 0 Å². The van der Waals surface area contributed by atoms with Gasteiger partial charge >= 0.3 is 0 Å². The summed E-state index contributed by atoms with van der Waals surface area (Å²) in [6, 6.07) is 16.7. The zero-order valence-corrected chi connectivity index (χ0v) is 18.1. The summed E-state index contributed by atoms with van der Waals surface area (Å²) in [7, 11) is 1.73. The molecule has 1 N–H and O–H groups in total. The summed E-state index contributed by atoms with van der Waals surface area (Å²) in [5.74, 6) is -0.634. The summed E-state index contributed by atoms with van der Waals surface area (Å²) >= 11 is 0. The fourth-order valence-electron chi connectivity index (χ4n) is 4.49. The van der Waals surface area contributed by atoms with Gasteiger partial charge in [-0.3, -0.25) is 14.4 Å². The van der Waals surface area contributed by atoms with Gasteiger partial charge in [0.2, 0.25) is 17.7 Å². The Morgan fingerprint density at radius 1 is 1.06 bits per heavy atom. The van der Waals surface area contributed by atoms with Crippen molar-refractivity contribution in [1.82, 2.24) is 15.1 Å². The van der Waals surface area contributed by atoms with Crippen LogP contribution in [0.5, 0.6) is 0 Å². The van der Waals surface area contributed by atoms with Crippen LogP contribution in [0.15, 0.2) is 48.5 Å². The smallest absolute Gasteiger partial charge is 0.228 e. The van der Waals surface area contributed by atoms with Gasteiger partial charge in [0, 0.05) is 39.6 Å². The topological polar surface area (TPSA) is 69.7 Å². The third-order valence-electron chi connectivity index (χ3n) is 6.28. The van der Waals surface area contributed by atoms with Crippen molar-refractivity contribution in [2.45, 2.75) is 19.8 Å². The lowest BCUT2D eigenvalue weighted by atomic mass is 9.95. The number of carbonyl (C=O) groups is 3. The minimum Gasteiger partial charge on any atom is -0.354 e. The summed E-state index contributed by atoms with van der Waals surface area (Å²) in [5.41, 5.74) is 4.61. The van der Waals surface area contributed by atoms with E-state index in [0.29, 0.717) is 32.6 Å². The van der Waals surface area contributed by atoms with Crippen molar-refractivity contribution in [3.8, 4) is 11.1 Å². The first kappa shape index (κ1) is 21.1. The molecule has 2 unspecified atom stereocenters. The van der Waals surface area contributed by atoms with Gasteiger partial charge in [-0.25, -0.2) is 0 Å². The normalized spacial score (nSPS) is 21.7. The van der Waals surface area contributed by atoms with Gasteiger partial charge in [-0.05, 0) is 30.0 Å². The second-order valence-corrected chi connectivity index (χ2v) is 8.72. The van der Waals surface area contributed by atoms with E-state index in [4.69, 9.17) is 0 Å². The molecule has 6 nitrogen and oxygen atoms in total. The maximum Gasteiger partial charge on any atom is 0.228 e. The van der Waals surface area contributed by atoms with Gasteiger partial charge in [-0.15, -0.1) is 0 Å². The van der Waals surface area contributed by atoms with E-state index in [-0.39, 0.29) is 36.0 Å². The van der Waals surface area contributed by atoms with Crippen molar-refractivity contribution in [1.29, 1.82) is 0 Å². The van der Waals surface area contributed by atoms with Crippen molar-refractivity contribution in [2.24, 2.45) is 11.8 Å². The monoisotopic (exact) mass is 419 g/mol. The highest BCUT2D eigenvalue weighted by atomic mass is 16.2. The number of hydrogen-bond donors (Lipinski definition) is 1. The van der Waals surface area contributed by atoms with Gasteiger partial charge in [0.05, 0.1) is 11.8 Å². The van der Waals surface area contributed by atoms with Gasteiger partial charge in [0.15, 0.2) is 0 Å². The molecule has 2 aliphatic heterocycles. The molecule has 0 aromatic heterocycles. The maximum atomic E-state index is 13.0. The Labute approximate surface area is 183 Å². The third kappa shape index (κ3) is 4.79. The first-order valence-corrected chi connectivity index (χ1v) is 10.9. The average Bonchev–Trinajstić information content (AvgIpc) is 2.99. The summed E-state index contributed by atoms with van der Waals surface area (Å²) in [6.07, 6.45) is 0.839. The molecule has 2 atom stereocenters. The number of nitrogens with one attached hydrogen (secondary N) is 1. The number of rotatable bonds is 4. The minimum atomic E-state index is -0.306. The lowest BCUT2D eigenvalue weighted by Crippen LogP contribution is -2.41. The van der Waals surface area contributed by atoms with E-state index in [9.17, 15) is 14.4 Å².